The normalized spacial score (nSPS) is 21.6. The van der Waals surface area contributed by atoms with Crippen LogP contribution in [0.15, 0.2) is 55.3 Å². The number of nitrogens with zero attached hydrogens (tertiary/aromatic N) is 2. The zero-order valence-electron chi connectivity index (χ0n) is 27.5. The maximum absolute atomic E-state index is 11.2. The second-order valence-electron chi connectivity index (χ2n) is 12.7. The molecule has 0 amide bonds. The summed E-state index contributed by atoms with van der Waals surface area (Å²) in [6, 6.07) is 7.96. The van der Waals surface area contributed by atoms with Crippen LogP contribution in [0, 0.1) is 11.8 Å². The second-order valence-corrected chi connectivity index (χ2v) is 12.7. The summed E-state index contributed by atoms with van der Waals surface area (Å²) in [5, 5.41) is 20.6. The average Bonchev–Trinajstić information content (AvgIpc) is 3.05. The Kier molecular flexibility index (Phi) is 16.5. The van der Waals surface area contributed by atoms with Gasteiger partial charge in [-0.1, -0.05) is 76.5 Å². The van der Waals surface area contributed by atoms with E-state index in [1.807, 2.05) is 24.3 Å². The first kappa shape index (κ1) is 35.8. The predicted octanol–water partition coefficient (Wildman–Crippen LogP) is 9.28. The number of benzene rings is 1. The molecule has 4 heterocycles. The summed E-state index contributed by atoms with van der Waals surface area (Å²) in [5.41, 5.74) is 1.85. The van der Waals surface area contributed by atoms with Gasteiger partial charge >= 0.3 is 5.97 Å². The van der Waals surface area contributed by atoms with E-state index in [1.54, 1.807) is 13.3 Å². The van der Waals surface area contributed by atoms with E-state index in [0.29, 0.717) is 18.3 Å². The molecule has 3 aliphatic heterocycles. The summed E-state index contributed by atoms with van der Waals surface area (Å²) in [4.78, 5) is 17.2. The number of piperidine rings is 3. The maximum Gasteiger partial charge on any atom is 0.303 e. The fourth-order valence-electron chi connectivity index (χ4n) is 6.79. The predicted molar refractivity (Wildman–Crippen MR) is 182 cm³/mol. The zero-order valence-corrected chi connectivity index (χ0v) is 27.5. The lowest BCUT2D eigenvalue weighted by molar-refractivity contribution is -0.137. The number of unbranched alkanes of at least 4 members (excludes halogenated alkanes) is 11. The number of methoxy groups -OCH3 is 1. The highest BCUT2D eigenvalue weighted by Crippen LogP contribution is 2.42. The number of carboxylic acids is 1. The molecule has 5 atom stereocenters. The van der Waals surface area contributed by atoms with E-state index < -0.39 is 12.1 Å². The molecule has 44 heavy (non-hydrogen) atoms. The first-order chi connectivity index (χ1) is 21.5. The van der Waals surface area contributed by atoms with Crippen LogP contribution in [0.1, 0.15) is 121 Å². The molecule has 0 saturated carbocycles. The smallest absolute Gasteiger partial charge is 0.303 e. The van der Waals surface area contributed by atoms with Crippen LogP contribution < -0.4 is 4.74 Å². The molecule has 3 aliphatic rings. The number of aliphatic carboxylic acids is 1. The van der Waals surface area contributed by atoms with Gasteiger partial charge in [0, 0.05) is 30.6 Å². The lowest BCUT2D eigenvalue weighted by Crippen LogP contribution is -2.54. The number of carbonyl (C=O) groups is 1. The number of ether oxygens (including phenoxy) is 1. The molecule has 2 N–H and O–H groups in total. The quantitative estimate of drug-likeness (QED) is 0.122. The molecule has 0 unspecified atom stereocenters. The van der Waals surface area contributed by atoms with Crippen molar-refractivity contribution >= 4 is 16.9 Å². The molecule has 5 rings (SSSR count). The van der Waals surface area contributed by atoms with Gasteiger partial charge in [-0.05, 0) is 93.2 Å². The largest absolute Gasteiger partial charge is 0.497 e. The van der Waals surface area contributed by atoms with Gasteiger partial charge in [-0.25, -0.2) is 0 Å². The molecule has 244 valence electrons. The van der Waals surface area contributed by atoms with E-state index in [2.05, 4.69) is 41.6 Å². The molecule has 6 heteroatoms. The van der Waals surface area contributed by atoms with E-state index in [0.717, 1.165) is 54.6 Å². The number of aromatic nitrogens is 1. The average molecular weight is 607 g/mol. The first-order valence-electron chi connectivity index (χ1n) is 17.3. The van der Waals surface area contributed by atoms with Crippen molar-refractivity contribution in [3.05, 3.63) is 60.8 Å². The molecule has 0 radical (unpaired) electrons. The summed E-state index contributed by atoms with van der Waals surface area (Å²) in [7, 11) is 1.66. The van der Waals surface area contributed by atoms with Crippen molar-refractivity contribution in [1.29, 1.82) is 0 Å². The summed E-state index contributed by atoms with van der Waals surface area (Å²) in [5.74, 6) is 1.34. The first-order valence-corrected chi connectivity index (χ1v) is 17.3. The Morgan fingerprint density at radius 1 is 1.05 bits per heavy atom. The molecule has 0 spiro atoms. The van der Waals surface area contributed by atoms with Gasteiger partial charge in [0.25, 0.3) is 0 Å². The van der Waals surface area contributed by atoms with Crippen molar-refractivity contribution in [2.75, 3.05) is 20.2 Å². The van der Waals surface area contributed by atoms with Gasteiger partial charge in [0.2, 0.25) is 0 Å². The molecule has 3 saturated heterocycles. The van der Waals surface area contributed by atoms with Crippen molar-refractivity contribution in [1.82, 2.24) is 9.88 Å². The van der Waals surface area contributed by atoms with Gasteiger partial charge in [-0.3, -0.25) is 14.7 Å². The Morgan fingerprint density at radius 2 is 1.73 bits per heavy atom. The van der Waals surface area contributed by atoms with Crippen molar-refractivity contribution in [3.8, 4) is 5.75 Å². The number of rotatable bonds is 19. The van der Waals surface area contributed by atoms with Gasteiger partial charge in [0.05, 0.1) is 18.7 Å². The number of hydrogen-bond donors (Lipinski definition) is 2. The minimum atomic E-state index is -0.664. The van der Waals surface area contributed by atoms with Crippen LogP contribution in [-0.4, -0.2) is 52.3 Å². The van der Waals surface area contributed by atoms with E-state index in [4.69, 9.17) is 9.84 Å². The fourth-order valence-corrected chi connectivity index (χ4v) is 6.79. The molecular weight excluding hydrogens is 548 g/mol. The summed E-state index contributed by atoms with van der Waals surface area (Å²) in [6.45, 7) is 8.33. The van der Waals surface area contributed by atoms with Crippen molar-refractivity contribution < 1.29 is 19.7 Å². The topological polar surface area (TPSA) is 82.9 Å². The molecule has 6 nitrogen and oxygen atoms in total. The highest BCUT2D eigenvalue weighted by molar-refractivity contribution is 5.84. The van der Waals surface area contributed by atoms with E-state index in [-0.39, 0.29) is 6.04 Å². The standard InChI is InChI=1S/C20H24N2O2.C18H34O2/c1-3-13-12-22-9-7-14(13)10-19(22)20(23)16-6-8-21-18-5-4-15(24-2)11-17(16)18;1-2-3-4-5-6-7-8-9-10-11-12-13-14-15-16-17-18(19)20/h3-6,8,11,13-14,19-20,23H,1,7,9-10,12H2,2H3;9-10H,2-8,11-17H2,1H3,(H,19,20)/b;10-9-/t13-,14-,19-,20+;/m0./s1. The van der Waals surface area contributed by atoms with E-state index in [9.17, 15) is 9.90 Å². The summed E-state index contributed by atoms with van der Waals surface area (Å²) < 4.78 is 5.35. The number of carboxylic acid groups (broad SMARTS) is 1. The number of aliphatic hydroxyl groups excluding tert-OH is 1. The highest BCUT2D eigenvalue weighted by atomic mass is 16.5. The minimum absolute atomic E-state index is 0.178. The maximum atomic E-state index is 11.2. The third-order valence-electron chi connectivity index (χ3n) is 9.47. The minimum Gasteiger partial charge on any atom is -0.497 e. The van der Waals surface area contributed by atoms with E-state index in [1.165, 1.54) is 77.0 Å². The lowest BCUT2D eigenvalue weighted by Gasteiger charge is -2.50. The Morgan fingerprint density at radius 3 is 2.34 bits per heavy atom. The van der Waals surface area contributed by atoms with Gasteiger partial charge in [-0.15, -0.1) is 6.58 Å². The van der Waals surface area contributed by atoms with Crippen LogP contribution in [-0.2, 0) is 4.79 Å². The molecule has 0 aliphatic carbocycles. The van der Waals surface area contributed by atoms with Crippen LogP contribution >= 0.6 is 0 Å². The van der Waals surface area contributed by atoms with Crippen LogP contribution in [0.2, 0.25) is 0 Å². The van der Waals surface area contributed by atoms with Crippen molar-refractivity contribution in [2.24, 2.45) is 11.8 Å². The van der Waals surface area contributed by atoms with E-state index >= 15 is 0 Å². The number of aliphatic hydroxyl groups is 1. The van der Waals surface area contributed by atoms with Gasteiger partial charge < -0.3 is 14.9 Å². The molecule has 3 fully saturated rings. The Balaban J connectivity index is 0.000000246. The van der Waals surface area contributed by atoms with Crippen LogP contribution in [0.5, 0.6) is 5.75 Å². The van der Waals surface area contributed by atoms with Crippen molar-refractivity contribution in [3.63, 3.8) is 0 Å². The Bertz CT molecular complexity index is 1150. The molecule has 2 aromatic rings. The Hall–Kier alpha value is -2.70. The third kappa shape index (κ3) is 11.7. The number of pyridine rings is 1. The lowest BCUT2D eigenvalue weighted by atomic mass is 9.73. The van der Waals surface area contributed by atoms with Gasteiger partial charge in [0.15, 0.2) is 0 Å². The molecular formula is C38H58N2O4. The summed E-state index contributed by atoms with van der Waals surface area (Å²) >= 11 is 0. The molecule has 2 bridgehead atoms. The third-order valence-corrected chi connectivity index (χ3v) is 9.47. The number of hydrogen-bond acceptors (Lipinski definition) is 5. The Labute approximate surface area is 266 Å². The highest BCUT2D eigenvalue weighted by Gasteiger charge is 2.42. The summed E-state index contributed by atoms with van der Waals surface area (Å²) in [6.07, 6.45) is 26.9. The fraction of sp³-hybridized carbons (Fsp3) is 0.632. The van der Waals surface area contributed by atoms with Crippen LogP contribution in [0.4, 0.5) is 0 Å². The molecule has 1 aromatic heterocycles. The van der Waals surface area contributed by atoms with Crippen LogP contribution in [0.25, 0.3) is 10.9 Å². The second kappa shape index (κ2) is 20.4. The van der Waals surface area contributed by atoms with Crippen LogP contribution in [0.3, 0.4) is 0 Å². The SMILES string of the molecule is C=C[C@H]1C[N@]2CC[C@H]1C[C@H]2[C@H](O)c1ccnc2ccc(OC)cc12.CCCCCCCC/C=C\CCCCCCCC(=O)O. The number of allylic oxidation sites excluding steroid dienone is 2. The van der Waals surface area contributed by atoms with Gasteiger partial charge in [0.1, 0.15) is 5.75 Å². The van der Waals surface area contributed by atoms with Gasteiger partial charge in [-0.2, -0.15) is 0 Å². The van der Waals surface area contributed by atoms with Crippen molar-refractivity contribution in [2.45, 2.75) is 122 Å². The number of fused-ring (bicyclic) bond motifs is 4. The monoisotopic (exact) mass is 606 g/mol. The molecule has 1 aromatic carbocycles. The zero-order chi connectivity index (χ0) is 31.6.